The number of piperidine rings is 1. The lowest BCUT2D eigenvalue weighted by molar-refractivity contribution is -0.148. The molecule has 2 aromatic rings. The SMILES string of the molecule is Cc1cnc(Nc2cn(C3CCN(CC(F)(F)F)CC3)nc2C)nc1N. The van der Waals surface area contributed by atoms with Crippen LogP contribution in [-0.4, -0.2) is 50.5 Å². The van der Waals surface area contributed by atoms with E-state index in [1.54, 1.807) is 6.20 Å². The van der Waals surface area contributed by atoms with Gasteiger partial charge >= 0.3 is 6.18 Å². The van der Waals surface area contributed by atoms with E-state index in [0.29, 0.717) is 37.7 Å². The fourth-order valence-electron chi connectivity index (χ4n) is 3.02. The van der Waals surface area contributed by atoms with Gasteiger partial charge in [0.25, 0.3) is 0 Å². The summed E-state index contributed by atoms with van der Waals surface area (Å²) in [5.74, 6) is 0.792. The molecule has 1 aliphatic rings. The van der Waals surface area contributed by atoms with Crippen molar-refractivity contribution in [2.24, 2.45) is 0 Å². The molecule has 3 rings (SSSR count). The molecule has 7 nitrogen and oxygen atoms in total. The highest BCUT2D eigenvalue weighted by atomic mass is 19.4. The van der Waals surface area contributed by atoms with Crippen molar-refractivity contribution in [3.05, 3.63) is 23.7 Å². The number of hydrogen-bond acceptors (Lipinski definition) is 6. The molecule has 0 spiro atoms. The molecular formula is C16H22F3N7. The van der Waals surface area contributed by atoms with Crippen molar-refractivity contribution in [3.63, 3.8) is 0 Å². The first kappa shape index (κ1) is 18.4. The predicted octanol–water partition coefficient (Wildman–Crippen LogP) is 2.81. The number of nitrogens with zero attached hydrogens (tertiary/aromatic N) is 5. The standard InChI is InChI=1S/C16H22F3N7/c1-10-7-21-15(23-14(10)20)22-13-8-26(24-11(13)2)12-3-5-25(6-4-12)9-16(17,18)19/h7-8,12H,3-6,9H2,1-2H3,(H3,20,21,22,23). The number of nitrogens with two attached hydrogens (primary N) is 1. The van der Waals surface area contributed by atoms with Crippen molar-refractivity contribution in [2.75, 3.05) is 30.7 Å². The van der Waals surface area contributed by atoms with Gasteiger partial charge in [-0.15, -0.1) is 0 Å². The Morgan fingerprint density at radius 3 is 2.58 bits per heavy atom. The van der Waals surface area contributed by atoms with Crippen LogP contribution in [0.5, 0.6) is 0 Å². The Kier molecular flexibility index (Phi) is 5.03. The Labute approximate surface area is 149 Å². The van der Waals surface area contributed by atoms with Gasteiger partial charge in [-0.1, -0.05) is 0 Å². The first-order valence-corrected chi connectivity index (χ1v) is 8.42. The minimum absolute atomic E-state index is 0.0812. The third kappa shape index (κ3) is 4.43. The summed E-state index contributed by atoms with van der Waals surface area (Å²) < 4.78 is 39.3. The molecule has 0 amide bonds. The van der Waals surface area contributed by atoms with Crippen LogP contribution >= 0.6 is 0 Å². The van der Waals surface area contributed by atoms with Crippen LogP contribution < -0.4 is 11.1 Å². The average molecular weight is 369 g/mol. The molecule has 0 radical (unpaired) electrons. The van der Waals surface area contributed by atoms with Crippen molar-refractivity contribution in [2.45, 2.75) is 38.9 Å². The highest BCUT2D eigenvalue weighted by Crippen LogP contribution is 2.27. The summed E-state index contributed by atoms with van der Waals surface area (Å²) in [6, 6.07) is 0.0812. The Morgan fingerprint density at radius 2 is 1.96 bits per heavy atom. The predicted molar refractivity (Wildman–Crippen MR) is 92.2 cm³/mol. The summed E-state index contributed by atoms with van der Waals surface area (Å²) >= 11 is 0. The van der Waals surface area contributed by atoms with E-state index in [2.05, 4.69) is 20.4 Å². The van der Waals surface area contributed by atoms with Gasteiger partial charge in [0.1, 0.15) is 5.82 Å². The zero-order chi connectivity index (χ0) is 18.9. The van der Waals surface area contributed by atoms with Crippen molar-refractivity contribution in [1.29, 1.82) is 0 Å². The maximum atomic E-state index is 12.5. The van der Waals surface area contributed by atoms with Crippen LogP contribution in [0, 0.1) is 13.8 Å². The van der Waals surface area contributed by atoms with Gasteiger partial charge in [0.15, 0.2) is 0 Å². The lowest BCUT2D eigenvalue weighted by atomic mass is 10.1. The molecule has 0 bridgehead atoms. The Hall–Kier alpha value is -2.36. The Morgan fingerprint density at radius 1 is 1.27 bits per heavy atom. The molecule has 1 fully saturated rings. The second kappa shape index (κ2) is 7.10. The number of anilines is 3. The van der Waals surface area contributed by atoms with E-state index in [9.17, 15) is 13.2 Å². The van der Waals surface area contributed by atoms with Gasteiger partial charge in [-0.2, -0.15) is 23.3 Å². The first-order chi connectivity index (χ1) is 12.2. The quantitative estimate of drug-likeness (QED) is 0.862. The van der Waals surface area contributed by atoms with Gasteiger partial charge in [-0.05, 0) is 26.7 Å². The Bertz CT molecular complexity index is 764. The molecule has 0 saturated carbocycles. The molecule has 0 aromatic carbocycles. The molecule has 1 aliphatic heterocycles. The molecular weight excluding hydrogens is 347 g/mol. The molecule has 142 valence electrons. The molecule has 26 heavy (non-hydrogen) atoms. The summed E-state index contributed by atoms with van der Waals surface area (Å²) in [4.78, 5) is 9.81. The van der Waals surface area contributed by atoms with E-state index in [-0.39, 0.29) is 6.04 Å². The second-order valence-corrected chi connectivity index (χ2v) is 6.62. The smallest absolute Gasteiger partial charge is 0.383 e. The highest BCUT2D eigenvalue weighted by Gasteiger charge is 2.33. The van der Waals surface area contributed by atoms with Gasteiger partial charge in [-0.3, -0.25) is 9.58 Å². The molecule has 2 aromatic heterocycles. The van der Waals surface area contributed by atoms with Crippen LogP contribution in [-0.2, 0) is 0 Å². The maximum absolute atomic E-state index is 12.5. The fourth-order valence-corrected chi connectivity index (χ4v) is 3.02. The van der Waals surface area contributed by atoms with Crippen molar-refractivity contribution < 1.29 is 13.2 Å². The van der Waals surface area contributed by atoms with Crippen molar-refractivity contribution in [3.8, 4) is 0 Å². The van der Waals surface area contributed by atoms with Crippen molar-refractivity contribution in [1.82, 2.24) is 24.6 Å². The number of nitrogens with one attached hydrogen (secondary N) is 1. The number of aromatic nitrogens is 4. The second-order valence-electron chi connectivity index (χ2n) is 6.62. The van der Waals surface area contributed by atoms with Gasteiger partial charge in [0.2, 0.25) is 5.95 Å². The number of aryl methyl sites for hydroxylation is 2. The third-order valence-electron chi connectivity index (χ3n) is 4.51. The molecule has 0 atom stereocenters. The van der Waals surface area contributed by atoms with Crippen LogP contribution in [0.25, 0.3) is 0 Å². The molecule has 3 N–H and O–H groups in total. The normalized spacial score (nSPS) is 16.8. The van der Waals surface area contributed by atoms with E-state index in [1.165, 1.54) is 4.90 Å². The van der Waals surface area contributed by atoms with Crippen LogP contribution in [0.15, 0.2) is 12.4 Å². The van der Waals surface area contributed by atoms with Gasteiger partial charge in [0, 0.05) is 31.0 Å². The summed E-state index contributed by atoms with van der Waals surface area (Å²) in [6.07, 6.45) is 0.594. The molecule has 0 aliphatic carbocycles. The number of nitrogen functional groups attached to an aromatic ring is 1. The van der Waals surface area contributed by atoms with E-state index in [4.69, 9.17) is 5.73 Å². The summed E-state index contributed by atoms with van der Waals surface area (Å²) in [7, 11) is 0. The topological polar surface area (TPSA) is 84.9 Å². The Balaban J connectivity index is 1.64. The summed E-state index contributed by atoms with van der Waals surface area (Å²) in [5, 5.41) is 7.59. The minimum atomic E-state index is -4.15. The van der Waals surface area contributed by atoms with Crippen LogP contribution in [0.4, 0.5) is 30.6 Å². The van der Waals surface area contributed by atoms with Gasteiger partial charge in [0.05, 0.1) is 24.0 Å². The van der Waals surface area contributed by atoms with Crippen molar-refractivity contribution >= 4 is 17.5 Å². The molecule has 3 heterocycles. The van der Waals surface area contributed by atoms with E-state index >= 15 is 0 Å². The van der Waals surface area contributed by atoms with E-state index < -0.39 is 12.7 Å². The number of likely N-dealkylation sites (tertiary alicyclic amines) is 1. The monoisotopic (exact) mass is 369 g/mol. The zero-order valence-electron chi connectivity index (χ0n) is 14.7. The van der Waals surface area contributed by atoms with Crippen LogP contribution in [0.2, 0.25) is 0 Å². The number of hydrogen-bond donors (Lipinski definition) is 2. The van der Waals surface area contributed by atoms with E-state index in [1.807, 2.05) is 24.7 Å². The van der Waals surface area contributed by atoms with Gasteiger partial charge < -0.3 is 11.1 Å². The summed E-state index contributed by atoms with van der Waals surface area (Å²) in [5.41, 5.74) is 8.12. The lowest BCUT2D eigenvalue weighted by Gasteiger charge is -2.32. The maximum Gasteiger partial charge on any atom is 0.401 e. The largest absolute Gasteiger partial charge is 0.401 e. The number of alkyl halides is 3. The third-order valence-corrected chi connectivity index (χ3v) is 4.51. The lowest BCUT2D eigenvalue weighted by Crippen LogP contribution is -2.40. The van der Waals surface area contributed by atoms with E-state index in [0.717, 1.165) is 16.9 Å². The molecule has 10 heteroatoms. The number of rotatable bonds is 4. The minimum Gasteiger partial charge on any atom is -0.383 e. The zero-order valence-corrected chi connectivity index (χ0v) is 14.7. The highest BCUT2D eigenvalue weighted by molar-refractivity contribution is 5.56. The van der Waals surface area contributed by atoms with Crippen LogP contribution in [0.3, 0.4) is 0 Å². The first-order valence-electron chi connectivity index (χ1n) is 8.42. The van der Waals surface area contributed by atoms with Crippen LogP contribution in [0.1, 0.15) is 30.1 Å². The average Bonchev–Trinajstić information content (AvgIpc) is 2.91. The number of halogens is 3. The molecule has 1 saturated heterocycles. The fraction of sp³-hybridized carbons (Fsp3) is 0.562. The van der Waals surface area contributed by atoms with Gasteiger partial charge in [-0.25, -0.2) is 4.98 Å². The molecule has 0 unspecified atom stereocenters. The summed E-state index contributed by atoms with van der Waals surface area (Å²) in [6.45, 7) is 3.65.